The molecule has 9 heteroatoms. The summed E-state index contributed by atoms with van der Waals surface area (Å²) in [6, 6.07) is 6.35. The summed E-state index contributed by atoms with van der Waals surface area (Å²) >= 11 is 0. The van der Waals surface area contributed by atoms with Gasteiger partial charge in [0.2, 0.25) is 0 Å². The summed E-state index contributed by atoms with van der Waals surface area (Å²) in [5.74, 6) is -0.339. The highest BCUT2D eigenvalue weighted by Gasteiger charge is 2.33. The number of nitrogens with zero attached hydrogens (tertiary/aromatic N) is 2. The minimum absolute atomic E-state index is 0.0166. The molecule has 1 aromatic carbocycles. The van der Waals surface area contributed by atoms with Gasteiger partial charge in [-0.15, -0.1) is 0 Å². The van der Waals surface area contributed by atoms with E-state index in [9.17, 15) is 18.0 Å². The van der Waals surface area contributed by atoms with E-state index in [4.69, 9.17) is 4.74 Å². The average molecular weight is 366 g/mol. The van der Waals surface area contributed by atoms with Gasteiger partial charge in [0.15, 0.2) is 0 Å². The van der Waals surface area contributed by atoms with Crippen molar-refractivity contribution in [3.8, 4) is 0 Å². The number of alkyl halides is 3. The summed E-state index contributed by atoms with van der Waals surface area (Å²) < 4.78 is 44.6. The second-order valence-corrected chi connectivity index (χ2v) is 5.80. The quantitative estimate of drug-likeness (QED) is 0.850. The number of carbonyl (C=O) groups is 1. The Morgan fingerprint density at radius 1 is 1.27 bits per heavy atom. The SMILES string of the molecule is O=C(NCC1CCCO1)c1cc(Nc2ccccc2C(F)(F)F)ncn1. The lowest BCUT2D eigenvalue weighted by atomic mass is 10.1. The highest BCUT2D eigenvalue weighted by Crippen LogP contribution is 2.35. The third-order valence-electron chi connectivity index (χ3n) is 3.91. The van der Waals surface area contributed by atoms with Gasteiger partial charge in [-0.2, -0.15) is 13.2 Å². The first kappa shape index (κ1) is 18.1. The molecule has 2 N–H and O–H groups in total. The van der Waals surface area contributed by atoms with Gasteiger partial charge in [0, 0.05) is 19.2 Å². The monoisotopic (exact) mass is 366 g/mol. The van der Waals surface area contributed by atoms with Crippen LogP contribution in [0.2, 0.25) is 0 Å². The van der Waals surface area contributed by atoms with Gasteiger partial charge in [-0.05, 0) is 25.0 Å². The number of nitrogens with one attached hydrogen (secondary N) is 2. The molecule has 2 heterocycles. The Bertz CT molecular complexity index is 777. The van der Waals surface area contributed by atoms with E-state index in [-0.39, 0.29) is 23.3 Å². The first-order valence-corrected chi connectivity index (χ1v) is 8.08. The van der Waals surface area contributed by atoms with E-state index in [1.807, 2.05) is 0 Å². The fourth-order valence-corrected chi connectivity index (χ4v) is 2.63. The average Bonchev–Trinajstić information content (AvgIpc) is 3.13. The predicted octanol–water partition coefficient (Wildman–Crippen LogP) is 3.15. The largest absolute Gasteiger partial charge is 0.418 e. The molecule has 1 unspecified atom stereocenters. The van der Waals surface area contributed by atoms with Gasteiger partial charge < -0.3 is 15.4 Å². The molecule has 0 spiro atoms. The normalized spacial score (nSPS) is 17.1. The predicted molar refractivity (Wildman–Crippen MR) is 88.1 cm³/mol. The lowest BCUT2D eigenvalue weighted by Gasteiger charge is -2.14. The maximum atomic E-state index is 13.1. The van der Waals surface area contributed by atoms with E-state index in [0.29, 0.717) is 13.2 Å². The van der Waals surface area contributed by atoms with Gasteiger partial charge in [-0.1, -0.05) is 12.1 Å². The van der Waals surface area contributed by atoms with E-state index < -0.39 is 17.6 Å². The Morgan fingerprint density at radius 2 is 2.08 bits per heavy atom. The fourth-order valence-electron chi connectivity index (χ4n) is 2.63. The first-order valence-electron chi connectivity index (χ1n) is 8.08. The third kappa shape index (κ3) is 4.48. The maximum Gasteiger partial charge on any atom is 0.418 e. The third-order valence-corrected chi connectivity index (χ3v) is 3.91. The number of carbonyl (C=O) groups excluding carboxylic acids is 1. The number of anilines is 2. The van der Waals surface area contributed by atoms with E-state index in [0.717, 1.165) is 25.2 Å². The highest BCUT2D eigenvalue weighted by molar-refractivity contribution is 5.93. The zero-order chi connectivity index (χ0) is 18.6. The van der Waals surface area contributed by atoms with Crippen LogP contribution in [-0.4, -0.2) is 35.1 Å². The highest BCUT2D eigenvalue weighted by atomic mass is 19.4. The van der Waals surface area contributed by atoms with Crippen LogP contribution in [0.3, 0.4) is 0 Å². The van der Waals surface area contributed by atoms with Crippen LogP contribution in [0.25, 0.3) is 0 Å². The molecule has 1 saturated heterocycles. The second kappa shape index (κ2) is 7.69. The number of aromatic nitrogens is 2. The molecular formula is C17H17F3N4O2. The Balaban J connectivity index is 1.70. The molecule has 0 radical (unpaired) electrons. The van der Waals surface area contributed by atoms with E-state index in [2.05, 4.69) is 20.6 Å². The van der Waals surface area contributed by atoms with Crippen LogP contribution in [-0.2, 0) is 10.9 Å². The van der Waals surface area contributed by atoms with E-state index in [1.54, 1.807) is 0 Å². The van der Waals surface area contributed by atoms with Crippen molar-refractivity contribution in [3.63, 3.8) is 0 Å². The molecule has 3 rings (SSSR count). The zero-order valence-electron chi connectivity index (χ0n) is 13.7. The number of hydrogen-bond acceptors (Lipinski definition) is 5. The molecule has 1 amide bonds. The Kier molecular flexibility index (Phi) is 5.36. The van der Waals surface area contributed by atoms with Crippen molar-refractivity contribution < 1.29 is 22.7 Å². The van der Waals surface area contributed by atoms with Crippen LogP contribution in [0.15, 0.2) is 36.7 Å². The molecular weight excluding hydrogens is 349 g/mol. The molecule has 1 atom stereocenters. The van der Waals surface area contributed by atoms with Crippen molar-refractivity contribution in [3.05, 3.63) is 47.9 Å². The maximum absolute atomic E-state index is 13.1. The summed E-state index contributed by atoms with van der Waals surface area (Å²) in [5, 5.41) is 5.30. The number of hydrogen-bond donors (Lipinski definition) is 2. The van der Waals surface area contributed by atoms with Crippen LogP contribution in [0.1, 0.15) is 28.9 Å². The Hall–Kier alpha value is -2.68. The molecule has 2 aromatic rings. The van der Waals surface area contributed by atoms with Gasteiger partial charge >= 0.3 is 6.18 Å². The topological polar surface area (TPSA) is 76.1 Å². The van der Waals surface area contributed by atoms with E-state index in [1.165, 1.54) is 24.3 Å². The minimum atomic E-state index is -4.50. The molecule has 0 bridgehead atoms. The van der Waals surface area contributed by atoms with Crippen LogP contribution >= 0.6 is 0 Å². The summed E-state index contributed by atoms with van der Waals surface area (Å²) in [6.07, 6.45) is -1.55. The van der Waals surface area contributed by atoms with Crippen molar-refractivity contribution in [2.45, 2.75) is 25.1 Å². The number of ether oxygens (including phenoxy) is 1. The van der Waals surface area contributed by atoms with Crippen molar-refractivity contribution in [1.29, 1.82) is 0 Å². The minimum Gasteiger partial charge on any atom is -0.376 e. The lowest BCUT2D eigenvalue weighted by Crippen LogP contribution is -2.32. The number of halogens is 3. The Labute approximate surface area is 147 Å². The standard InChI is InChI=1S/C17H17F3N4O2/c18-17(19,20)12-5-1-2-6-13(12)24-15-8-14(22-10-23-15)16(25)21-9-11-4-3-7-26-11/h1-2,5-6,8,10-11H,3-4,7,9H2,(H,21,25)(H,22,23,24). The lowest BCUT2D eigenvalue weighted by molar-refractivity contribution is -0.136. The summed E-state index contributed by atoms with van der Waals surface area (Å²) in [4.78, 5) is 19.9. The number of benzene rings is 1. The summed E-state index contributed by atoms with van der Waals surface area (Å²) in [6.45, 7) is 1.04. The van der Waals surface area contributed by atoms with Crippen LogP contribution < -0.4 is 10.6 Å². The molecule has 26 heavy (non-hydrogen) atoms. The van der Waals surface area contributed by atoms with Crippen LogP contribution in [0.4, 0.5) is 24.7 Å². The summed E-state index contributed by atoms with van der Waals surface area (Å²) in [7, 11) is 0. The molecule has 0 aliphatic carbocycles. The number of rotatable bonds is 5. The smallest absolute Gasteiger partial charge is 0.376 e. The van der Waals surface area contributed by atoms with Gasteiger partial charge in [0.25, 0.3) is 5.91 Å². The van der Waals surface area contributed by atoms with Crippen molar-refractivity contribution in [1.82, 2.24) is 15.3 Å². The molecule has 6 nitrogen and oxygen atoms in total. The Morgan fingerprint density at radius 3 is 2.81 bits per heavy atom. The van der Waals surface area contributed by atoms with Crippen LogP contribution in [0, 0.1) is 0 Å². The molecule has 0 saturated carbocycles. The van der Waals surface area contributed by atoms with Crippen LogP contribution in [0.5, 0.6) is 0 Å². The molecule has 1 aliphatic heterocycles. The van der Waals surface area contributed by atoms with Gasteiger partial charge in [-0.25, -0.2) is 9.97 Å². The van der Waals surface area contributed by atoms with E-state index >= 15 is 0 Å². The van der Waals surface area contributed by atoms with Gasteiger partial charge in [0.05, 0.1) is 17.4 Å². The zero-order valence-corrected chi connectivity index (χ0v) is 13.7. The van der Waals surface area contributed by atoms with Gasteiger partial charge in [-0.3, -0.25) is 4.79 Å². The summed E-state index contributed by atoms with van der Waals surface area (Å²) in [5.41, 5.74) is -0.905. The molecule has 1 aromatic heterocycles. The molecule has 138 valence electrons. The van der Waals surface area contributed by atoms with Crippen molar-refractivity contribution in [2.75, 3.05) is 18.5 Å². The number of amides is 1. The number of para-hydroxylation sites is 1. The molecule has 1 aliphatic rings. The van der Waals surface area contributed by atoms with Crippen molar-refractivity contribution >= 4 is 17.4 Å². The van der Waals surface area contributed by atoms with Crippen molar-refractivity contribution in [2.24, 2.45) is 0 Å². The first-order chi connectivity index (χ1) is 12.4. The molecule has 1 fully saturated rings. The fraction of sp³-hybridized carbons (Fsp3) is 0.353. The second-order valence-electron chi connectivity index (χ2n) is 5.80. The van der Waals surface area contributed by atoms with Gasteiger partial charge in [0.1, 0.15) is 17.8 Å².